The molecule has 0 aliphatic carbocycles. The second-order valence-electron chi connectivity index (χ2n) is 4.07. The van der Waals surface area contributed by atoms with Crippen molar-refractivity contribution in [2.45, 2.75) is 24.5 Å². The molecule has 0 bridgehead atoms. The summed E-state index contributed by atoms with van der Waals surface area (Å²) in [4.78, 5) is 10.8. The van der Waals surface area contributed by atoms with Crippen molar-refractivity contribution in [3.05, 3.63) is 30.1 Å². The van der Waals surface area contributed by atoms with Crippen molar-refractivity contribution in [3.63, 3.8) is 0 Å². The molecule has 2 heterocycles. The van der Waals surface area contributed by atoms with Crippen LogP contribution in [0, 0.1) is 0 Å². The highest BCUT2D eigenvalue weighted by Crippen LogP contribution is 2.24. The SMILES string of the molecule is O=C(O)c1ccc[n+]([C@@H]2O[C@H](CO)[C@H](O)C2O)c1. The molecule has 1 fully saturated rings. The summed E-state index contributed by atoms with van der Waals surface area (Å²) in [5.41, 5.74) is 0.0373. The lowest BCUT2D eigenvalue weighted by molar-refractivity contribution is -0.765. The standard InChI is InChI=1S/C11H13NO6/c13-5-7-8(14)9(15)10(18-7)12-3-1-2-6(4-12)11(16)17/h1-4,7-10,13-15H,5H2/p+1/t7-,8+,9?,10-/m1/s1. The van der Waals surface area contributed by atoms with Crippen LogP contribution in [0.1, 0.15) is 16.6 Å². The van der Waals surface area contributed by atoms with Crippen LogP contribution in [0.3, 0.4) is 0 Å². The lowest BCUT2D eigenvalue weighted by Gasteiger charge is -2.09. The molecule has 18 heavy (non-hydrogen) atoms. The van der Waals surface area contributed by atoms with E-state index < -0.39 is 37.1 Å². The number of carboxylic acid groups (broad SMARTS) is 1. The molecule has 0 amide bonds. The highest BCUT2D eigenvalue weighted by Gasteiger charge is 2.47. The molecule has 7 nitrogen and oxygen atoms in total. The normalized spacial score (nSPS) is 31.5. The van der Waals surface area contributed by atoms with Gasteiger partial charge in [-0.05, 0) is 6.07 Å². The van der Waals surface area contributed by atoms with E-state index in [2.05, 4.69) is 0 Å². The monoisotopic (exact) mass is 256 g/mol. The fourth-order valence-electron chi connectivity index (χ4n) is 1.90. The average Bonchev–Trinajstić information content (AvgIpc) is 2.66. The zero-order valence-corrected chi connectivity index (χ0v) is 9.38. The molecule has 1 aromatic rings. The molecule has 1 aliphatic rings. The molecule has 2 rings (SSSR count). The van der Waals surface area contributed by atoms with Gasteiger partial charge >= 0.3 is 5.97 Å². The summed E-state index contributed by atoms with van der Waals surface area (Å²) >= 11 is 0. The third-order valence-electron chi connectivity index (χ3n) is 2.88. The predicted octanol–water partition coefficient (Wildman–Crippen LogP) is -1.72. The maximum atomic E-state index is 10.8. The zero-order valence-electron chi connectivity index (χ0n) is 9.38. The van der Waals surface area contributed by atoms with Crippen LogP contribution in [0.15, 0.2) is 24.5 Å². The summed E-state index contributed by atoms with van der Waals surface area (Å²) in [7, 11) is 0. The van der Waals surface area contributed by atoms with Gasteiger partial charge in [0, 0.05) is 6.07 Å². The van der Waals surface area contributed by atoms with Crippen LogP contribution in [0.5, 0.6) is 0 Å². The van der Waals surface area contributed by atoms with Crippen molar-refractivity contribution in [1.82, 2.24) is 0 Å². The molecule has 4 atom stereocenters. The van der Waals surface area contributed by atoms with E-state index in [9.17, 15) is 15.0 Å². The van der Waals surface area contributed by atoms with Crippen molar-refractivity contribution in [2.24, 2.45) is 0 Å². The first-order valence-electron chi connectivity index (χ1n) is 5.41. The molecule has 0 radical (unpaired) electrons. The lowest BCUT2D eigenvalue weighted by atomic mass is 10.1. The molecule has 1 unspecified atom stereocenters. The van der Waals surface area contributed by atoms with E-state index in [4.69, 9.17) is 14.9 Å². The van der Waals surface area contributed by atoms with E-state index in [1.807, 2.05) is 0 Å². The number of aromatic carboxylic acids is 1. The minimum Gasteiger partial charge on any atom is -0.477 e. The maximum Gasteiger partial charge on any atom is 0.341 e. The van der Waals surface area contributed by atoms with E-state index in [1.165, 1.54) is 29.1 Å². The van der Waals surface area contributed by atoms with Gasteiger partial charge in [-0.1, -0.05) is 0 Å². The first-order chi connectivity index (χ1) is 8.54. The number of carbonyl (C=O) groups is 1. The first-order valence-corrected chi connectivity index (χ1v) is 5.41. The van der Waals surface area contributed by atoms with Crippen LogP contribution in [0.25, 0.3) is 0 Å². The Morgan fingerprint density at radius 2 is 2.11 bits per heavy atom. The molecule has 1 aliphatic heterocycles. The van der Waals surface area contributed by atoms with Crippen LogP contribution in [-0.4, -0.2) is 51.3 Å². The molecule has 0 saturated carbocycles. The summed E-state index contributed by atoms with van der Waals surface area (Å²) in [6.45, 7) is -0.423. The maximum absolute atomic E-state index is 10.8. The highest BCUT2D eigenvalue weighted by atomic mass is 16.6. The second-order valence-corrected chi connectivity index (χ2v) is 4.07. The lowest BCUT2D eigenvalue weighted by Crippen LogP contribution is -2.46. The van der Waals surface area contributed by atoms with Crippen LogP contribution in [0.4, 0.5) is 0 Å². The van der Waals surface area contributed by atoms with Gasteiger partial charge in [-0.25, -0.2) is 4.79 Å². The van der Waals surface area contributed by atoms with Gasteiger partial charge in [0.05, 0.1) is 6.61 Å². The Labute approximate surface area is 102 Å². The summed E-state index contributed by atoms with van der Waals surface area (Å²) < 4.78 is 6.63. The topological polar surface area (TPSA) is 111 Å². The molecule has 0 aromatic carbocycles. The van der Waals surface area contributed by atoms with Crippen molar-refractivity contribution >= 4 is 5.97 Å². The van der Waals surface area contributed by atoms with E-state index in [1.54, 1.807) is 0 Å². The van der Waals surface area contributed by atoms with E-state index in [0.29, 0.717) is 0 Å². The van der Waals surface area contributed by atoms with Gasteiger partial charge in [-0.2, -0.15) is 4.57 Å². The quantitative estimate of drug-likeness (QED) is 0.479. The smallest absolute Gasteiger partial charge is 0.341 e. The van der Waals surface area contributed by atoms with Crippen molar-refractivity contribution in [3.8, 4) is 0 Å². The van der Waals surface area contributed by atoms with E-state index in [-0.39, 0.29) is 5.56 Å². The fourth-order valence-corrected chi connectivity index (χ4v) is 1.90. The van der Waals surface area contributed by atoms with E-state index >= 15 is 0 Å². The number of hydrogen-bond donors (Lipinski definition) is 4. The molecule has 7 heteroatoms. The molecule has 1 saturated heterocycles. The minimum atomic E-state index is -1.23. The van der Waals surface area contributed by atoms with Crippen molar-refractivity contribution < 1.29 is 34.5 Å². The van der Waals surface area contributed by atoms with Gasteiger partial charge in [0.25, 0.3) is 6.23 Å². The minimum absolute atomic E-state index is 0.0373. The summed E-state index contributed by atoms with van der Waals surface area (Å²) in [6.07, 6.45) is -1.42. The first kappa shape index (κ1) is 12.9. The largest absolute Gasteiger partial charge is 0.477 e. The Balaban J connectivity index is 2.27. The van der Waals surface area contributed by atoms with Gasteiger partial charge in [0.15, 0.2) is 18.5 Å². The number of aromatic nitrogens is 1. The Hall–Kier alpha value is -1.54. The number of nitrogens with zero attached hydrogens (tertiary/aromatic N) is 1. The molecular weight excluding hydrogens is 242 g/mol. The molecular formula is C11H14NO6+. The van der Waals surface area contributed by atoms with Crippen LogP contribution < -0.4 is 4.57 Å². The number of carboxylic acids is 1. The Morgan fingerprint density at radius 1 is 1.39 bits per heavy atom. The average molecular weight is 256 g/mol. The van der Waals surface area contributed by atoms with Crippen molar-refractivity contribution in [1.29, 1.82) is 0 Å². The molecule has 1 aromatic heterocycles. The fraction of sp³-hybridized carbons (Fsp3) is 0.455. The second kappa shape index (κ2) is 4.99. The molecule has 4 N–H and O–H groups in total. The molecule has 98 valence electrons. The zero-order chi connectivity index (χ0) is 13.3. The van der Waals surface area contributed by atoms with Gasteiger partial charge in [0.1, 0.15) is 17.8 Å². The van der Waals surface area contributed by atoms with Gasteiger partial charge < -0.3 is 25.2 Å². The van der Waals surface area contributed by atoms with Gasteiger partial charge in [-0.3, -0.25) is 0 Å². The van der Waals surface area contributed by atoms with Crippen molar-refractivity contribution in [2.75, 3.05) is 6.61 Å². The van der Waals surface area contributed by atoms with Crippen LogP contribution in [0.2, 0.25) is 0 Å². The molecule has 0 spiro atoms. The number of aliphatic hydroxyl groups is 3. The predicted molar refractivity (Wildman–Crippen MR) is 56.6 cm³/mol. The van der Waals surface area contributed by atoms with Crippen LogP contribution in [-0.2, 0) is 4.74 Å². The summed E-state index contributed by atoms with van der Waals surface area (Å²) in [5.74, 6) is -1.10. The summed E-state index contributed by atoms with van der Waals surface area (Å²) in [6, 6.07) is 2.90. The summed E-state index contributed by atoms with van der Waals surface area (Å²) in [5, 5.41) is 37.2. The Kier molecular flexibility index (Phi) is 3.58. The number of pyridine rings is 1. The number of aliphatic hydroxyl groups excluding tert-OH is 3. The van der Waals surface area contributed by atoms with Gasteiger partial charge in [-0.15, -0.1) is 0 Å². The van der Waals surface area contributed by atoms with Gasteiger partial charge in [0.2, 0.25) is 0 Å². The number of hydrogen-bond acceptors (Lipinski definition) is 5. The Morgan fingerprint density at radius 3 is 2.67 bits per heavy atom. The van der Waals surface area contributed by atoms with E-state index in [0.717, 1.165) is 0 Å². The number of ether oxygens (including phenoxy) is 1. The number of rotatable bonds is 3. The Bertz CT molecular complexity index is 451. The van der Waals surface area contributed by atoms with Crippen LogP contribution >= 0.6 is 0 Å². The third-order valence-corrected chi connectivity index (χ3v) is 2.88. The third kappa shape index (κ3) is 2.21. The highest BCUT2D eigenvalue weighted by molar-refractivity contribution is 5.86.